The highest BCUT2D eigenvalue weighted by Crippen LogP contribution is 2.31. The zero-order chi connectivity index (χ0) is 67.4. The van der Waals surface area contributed by atoms with Crippen LogP contribution in [-0.2, 0) is 7.05 Å². The molecule has 0 saturated heterocycles. The molecule has 3 aromatic heterocycles. The number of hydrogen-bond donors (Lipinski definition) is 0. The lowest BCUT2D eigenvalue weighted by Crippen LogP contribution is -3.00. The van der Waals surface area contributed by atoms with E-state index in [9.17, 15) is 0 Å². The highest BCUT2D eigenvalue weighted by atomic mass is 35.5. The maximum atomic E-state index is 4.29. The van der Waals surface area contributed by atoms with E-state index in [1.807, 2.05) is 31.5 Å². The quantitative estimate of drug-likeness (QED) is 0.0416. The van der Waals surface area contributed by atoms with Gasteiger partial charge in [-0.05, 0) is 85.4 Å². The number of aryl methyl sites for hydroxylation is 2. The van der Waals surface area contributed by atoms with Gasteiger partial charge in [-0.1, -0.05) is 439 Å². The molecule has 0 fully saturated rings. The summed E-state index contributed by atoms with van der Waals surface area (Å²) in [6, 6.07) is 13.3. The fraction of sp³-hybridized carbons (Fsp3) is 0.835. The van der Waals surface area contributed by atoms with E-state index in [0.29, 0.717) is 0 Å². The van der Waals surface area contributed by atoms with Crippen molar-refractivity contribution in [2.24, 2.45) is 7.05 Å². The van der Waals surface area contributed by atoms with E-state index in [4.69, 9.17) is 0 Å². The Kier molecular flexibility index (Phi) is 77.2. The number of unbranched alkanes of at least 4 members (excludes halogenated alkanes) is 60. The molecule has 0 aliphatic rings. The van der Waals surface area contributed by atoms with Gasteiger partial charge in [0.05, 0.1) is 0 Å². The number of rotatable bonds is 70. The van der Waals surface area contributed by atoms with Gasteiger partial charge in [0.2, 0.25) is 0 Å². The Balaban J connectivity index is 0.00000166. The molecule has 0 unspecified atom stereocenters. The SMILES string of the molecule is CCCCCCCCCCCCCCCCCCC(CCCCCCCCCCCCCCCCCC)c1cc[n+](C)cc1.CCCCCCCCCCCCCCCCCCC(CCCCCCCCCCCCCCCCCC)c1ccncc1.Cc1ccncc1.[Cl-]. The Bertz CT molecular complexity index is 1750. The lowest BCUT2D eigenvalue weighted by Gasteiger charge is -2.17. The number of nitrogens with zero attached hydrogens (tertiary/aromatic N) is 3. The molecule has 3 rings (SSSR count). The van der Waals surface area contributed by atoms with Crippen molar-refractivity contribution in [3.05, 3.63) is 90.3 Å². The van der Waals surface area contributed by atoms with Crippen LogP contribution in [0.15, 0.2) is 73.6 Å². The summed E-state index contributed by atoms with van der Waals surface area (Å²) in [7, 11) is 2.14. The molecule has 0 spiro atoms. The molecular weight excluding hydrogens is 1170 g/mol. The molecule has 0 aliphatic heterocycles. The van der Waals surface area contributed by atoms with Crippen molar-refractivity contribution >= 4 is 0 Å². The van der Waals surface area contributed by atoms with Crippen molar-refractivity contribution in [2.45, 2.75) is 483 Å². The summed E-state index contributed by atoms with van der Waals surface area (Å²) in [6.45, 7) is 11.3. The molecule has 3 nitrogen and oxygen atoms in total. The topological polar surface area (TPSA) is 29.7 Å². The van der Waals surface area contributed by atoms with Gasteiger partial charge in [-0.25, -0.2) is 4.57 Å². The Morgan fingerprint density at radius 3 is 0.558 bits per heavy atom. The van der Waals surface area contributed by atoms with E-state index in [1.165, 1.54) is 448 Å². The van der Waals surface area contributed by atoms with Crippen molar-refractivity contribution in [2.75, 3.05) is 0 Å². The third kappa shape index (κ3) is 68.6. The van der Waals surface area contributed by atoms with Crippen molar-refractivity contribution in [3.63, 3.8) is 0 Å². The summed E-state index contributed by atoms with van der Waals surface area (Å²) in [5, 5.41) is 0. The fourth-order valence-corrected chi connectivity index (χ4v) is 14.6. The molecule has 0 aromatic carbocycles. The Labute approximate surface area is 603 Å². The molecule has 95 heavy (non-hydrogen) atoms. The van der Waals surface area contributed by atoms with Gasteiger partial charge >= 0.3 is 0 Å². The standard InChI is InChI=1S/C43H82N.C42H79N.C6H7N.ClH/c1-4-6-8-10-12-14-16-18-20-22-24-26-28-30-32-34-36-42(43-38-40-44(3)41-39-43)37-35-33-31-29-27-25-23-21-19-17-15-13-11-9-7-5-2;1-3-5-7-9-11-13-15-17-19-21-23-25-27-29-31-33-35-41(42-37-39-43-40-38-42)36-34-32-30-28-26-24-22-20-18-16-14-12-10-8-6-4-2;1-6-2-4-7-5-3-6;/h38-42H,4-37H2,1-3H3;37-41H,3-36H2,1-2H3;2-5H,1H3;1H/q+1;;;/p-1. The third-order valence-corrected chi connectivity index (χ3v) is 21.1. The maximum Gasteiger partial charge on any atom is 0.168 e. The van der Waals surface area contributed by atoms with Crippen molar-refractivity contribution < 1.29 is 17.0 Å². The van der Waals surface area contributed by atoms with Crippen LogP contribution in [0.1, 0.15) is 493 Å². The van der Waals surface area contributed by atoms with Crippen molar-refractivity contribution in [1.82, 2.24) is 9.97 Å². The molecule has 554 valence electrons. The van der Waals surface area contributed by atoms with Gasteiger partial charge in [0.1, 0.15) is 7.05 Å². The molecule has 0 amide bonds. The minimum atomic E-state index is 0. The minimum Gasteiger partial charge on any atom is -1.00 e. The molecule has 0 atom stereocenters. The summed E-state index contributed by atoms with van der Waals surface area (Å²) < 4.78 is 2.18. The van der Waals surface area contributed by atoms with Crippen molar-refractivity contribution in [1.29, 1.82) is 0 Å². The van der Waals surface area contributed by atoms with E-state index < -0.39 is 0 Å². The van der Waals surface area contributed by atoms with E-state index in [0.717, 1.165) is 11.8 Å². The van der Waals surface area contributed by atoms with Gasteiger partial charge in [0.25, 0.3) is 0 Å². The van der Waals surface area contributed by atoms with Gasteiger partial charge in [-0.2, -0.15) is 0 Å². The minimum absolute atomic E-state index is 0. The van der Waals surface area contributed by atoms with Crippen LogP contribution < -0.4 is 17.0 Å². The zero-order valence-corrected chi connectivity index (χ0v) is 66.1. The zero-order valence-electron chi connectivity index (χ0n) is 65.4. The highest BCUT2D eigenvalue weighted by Gasteiger charge is 2.14. The van der Waals surface area contributed by atoms with E-state index >= 15 is 0 Å². The van der Waals surface area contributed by atoms with Crippen LogP contribution in [0.25, 0.3) is 0 Å². The first-order chi connectivity index (χ1) is 46.5. The first-order valence-electron chi connectivity index (χ1n) is 43.3. The van der Waals surface area contributed by atoms with Gasteiger partial charge < -0.3 is 12.4 Å². The van der Waals surface area contributed by atoms with Crippen molar-refractivity contribution in [3.8, 4) is 0 Å². The van der Waals surface area contributed by atoms with Crippen LogP contribution in [-0.4, -0.2) is 9.97 Å². The average molecular weight is 1340 g/mol. The second-order valence-electron chi connectivity index (χ2n) is 30.4. The predicted molar refractivity (Wildman–Crippen MR) is 423 cm³/mol. The van der Waals surface area contributed by atoms with E-state index in [-0.39, 0.29) is 12.4 Å². The second-order valence-corrected chi connectivity index (χ2v) is 30.4. The molecule has 0 N–H and O–H groups in total. The van der Waals surface area contributed by atoms with Crippen LogP contribution in [0.4, 0.5) is 0 Å². The van der Waals surface area contributed by atoms with Gasteiger partial charge in [0, 0.05) is 36.9 Å². The molecule has 0 saturated carbocycles. The maximum absolute atomic E-state index is 4.29. The number of aromatic nitrogens is 3. The normalized spacial score (nSPS) is 11.3. The van der Waals surface area contributed by atoms with Crippen LogP contribution in [0.3, 0.4) is 0 Å². The number of pyridine rings is 3. The third-order valence-electron chi connectivity index (χ3n) is 21.1. The van der Waals surface area contributed by atoms with Crippen LogP contribution >= 0.6 is 0 Å². The smallest absolute Gasteiger partial charge is 0.168 e. The largest absolute Gasteiger partial charge is 1.00 e. The Morgan fingerprint density at radius 2 is 0.389 bits per heavy atom. The van der Waals surface area contributed by atoms with Crippen LogP contribution in [0, 0.1) is 6.92 Å². The lowest BCUT2D eigenvalue weighted by molar-refractivity contribution is -0.671. The van der Waals surface area contributed by atoms with Crippen LogP contribution in [0.2, 0.25) is 0 Å². The molecule has 3 aromatic rings. The molecule has 3 heterocycles. The predicted octanol–water partition coefficient (Wildman–Crippen LogP) is 28.8. The monoisotopic (exact) mass is 1340 g/mol. The molecule has 0 radical (unpaired) electrons. The molecule has 0 bridgehead atoms. The Morgan fingerprint density at radius 1 is 0.232 bits per heavy atom. The lowest BCUT2D eigenvalue weighted by atomic mass is 9.88. The summed E-state index contributed by atoms with van der Waals surface area (Å²) in [6.07, 6.45) is 111. The van der Waals surface area contributed by atoms with Crippen LogP contribution in [0.5, 0.6) is 0 Å². The van der Waals surface area contributed by atoms with Gasteiger partial charge in [0.15, 0.2) is 12.4 Å². The number of hydrogen-bond acceptors (Lipinski definition) is 2. The summed E-state index contributed by atoms with van der Waals surface area (Å²) in [5.41, 5.74) is 4.39. The summed E-state index contributed by atoms with van der Waals surface area (Å²) in [4.78, 5) is 8.13. The fourth-order valence-electron chi connectivity index (χ4n) is 14.6. The first-order valence-corrected chi connectivity index (χ1v) is 43.3. The molecular formula is C91H168ClN3. The first kappa shape index (κ1) is 92.7. The average Bonchev–Trinajstić information content (AvgIpc) is 1.25. The number of halogens is 1. The summed E-state index contributed by atoms with van der Waals surface area (Å²) in [5.74, 6) is 1.52. The Hall–Kier alpha value is -2.26. The highest BCUT2D eigenvalue weighted by molar-refractivity contribution is 5.16. The summed E-state index contributed by atoms with van der Waals surface area (Å²) >= 11 is 0. The van der Waals surface area contributed by atoms with E-state index in [1.54, 1.807) is 18.0 Å². The van der Waals surface area contributed by atoms with E-state index in [2.05, 4.69) is 85.9 Å². The molecule has 0 aliphatic carbocycles. The second kappa shape index (κ2) is 79.1. The van der Waals surface area contributed by atoms with Gasteiger partial charge in [-0.3, -0.25) is 9.97 Å². The molecule has 4 heteroatoms. The van der Waals surface area contributed by atoms with Gasteiger partial charge in [-0.15, -0.1) is 0 Å².